The summed E-state index contributed by atoms with van der Waals surface area (Å²) < 4.78 is 0. The molecule has 122 valence electrons. The zero-order valence-electron chi connectivity index (χ0n) is 13.8. The number of nitrogens with zero attached hydrogens (tertiary/aromatic N) is 1. The smallest absolute Gasteiger partial charge is 0.269 e. The SMILES string of the molecule is Cc1ccc2c(c1C)N[C@@H](c1cccc([N+](=O)[O-])c1)[C@H]1CC=C[C@@H]21. The van der Waals surface area contributed by atoms with Crippen LogP contribution in [-0.4, -0.2) is 4.92 Å². The van der Waals surface area contributed by atoms with Gasteiger partial charge in [0.1, 0.15) is 0 Å². The number of rotatable bonds is 2. The van der Waals surface area contributed by atoms with Crippen LogP contribution in [-0.2, 0) is 0 Å². The summed E-state index contributed by atoms with van der Waals surface area (Å²) in [5.74, 6) is 0.784. The molecule has 1 heterocycles. The number of hydrogen-bond donors (Lipinski definition) is 1. The molecule has 2 aromatic rings. The van der Waals surface area contributed by atoms with E-state index in [-0.39, 0.29) is 16.7 Å². The minimum Gasteiger partial charge on any atom is -0.377 e. The van der Waals surface area contributed by atoms with Crippen molar-refractivity contribution in [2.75, 3.05) is 5.32 Å². The lowest BCUT2D eigenvalue weighted by Crippen LogP contribution is -2.29. The van der Waals surface area contributed by atoms with Crippen molar-refractivity contribution in [1.29, 1.82) is 0 Å². The van der Waals surface area contributed by atoms with E-state index in [0.717, 1.165) is 12.0 Å². The van der Waals surface area contributed by atoms with Crippen LogP contribution in [0, 0.1) is 29.9 Å². The zero-order valence-corrected chi connectivity index (χ0v) is 13.8. The lowest BCUT2D eigenvalue weighted by molar-refractivity contribution is -0.384. The molecule has 0 fully saturated rings. The fourth-order valence-corrected chi connectivity index (χ4v) is 4.08. The number of nitro benzene ring substituents is 1. The number of allylic oxidation sites excluding steroid dienone is 2. The number of aryl methyl sites for hydroxylation is 1. The van der Waals surface area contributed by atoms with Gasteiger partial charge in [-0.3, -0.25) is 10.1 Å². The minimum atomic E-state index is -0.319. The summed E-state index contributed by atoms with van der Waals surface area (Å²) in [5.41, 5.74) is 6.22. The van der Waals surface area contributed by atoms with Crippen LogP contribution in [0.25, 0.3) is 0 Å². The minimum absolute atomic E-state index is 0.0953. The van der Waals surface area contributed by atoms with Gasteiger partial charge < -0.3 is 5.32 Å². The van der Waals surface area contributed by atoms with Gasteiger partial charge in [-0.05, 0) is 48.4 Å². The predicted molar refractivity (Wildman–Crippen MR) is 95.4 cm³/mol. The van der Waals surface area contributed by atoms with Gasteiger partial charge in [0.15, 0.2) is 0 Å². The van der Waals surface area contributed by atoms with Crippen molar-refractivity contribution in [1.82, 2.24) is 0 Å². The highest BCUT2D eigenvalue weighted by Crippen LogP contribution is 2.51. The van der Waals surface area contributed by atoms with Gasteiger partial charge in [0.2, 0.25) is 0 Å². The molecule has 0 saturated carbocycles. The average Bonchev–Trinajstić information content (AvgIpc) is 3.07. The van der Waals surface area contributed by atoms with E-state index < -0.39 is 0 Å². The van der Waals surface area contributed by atoms with Crippen LogP contribution in [0.4, 0.5) is 11.4 Å². The van der Waals surface area contributed by atoms with Crippen molar-refractivity contribution in [3.63, 3.8) is 0 Å². The summed E-state index contributed by atoms with van der Waals surface area (Å²) in [6, 6.07) is 11.6. The summed E-state index contributed by atoms with van der Waals surface area (Å²) >= 11 is 0. The first-order chi connectivity index (χ1) is 11.6. The molecule has 0 saturated heterocycles. The van der Waals surface area contributed by atoms with E-state index in [9.17, 15) is 10.1 Å². The molecule has 0 amide bonds. The number of benzene rings is 2. The monoisotopic (exact) mass is 320 g/mol. The fourth-order valence-electron chi connectivity index (χ4n) is 4.08. The second kappa shape index (κ2) is 5.48. The van der Waals surface area contributed by atoms with E-state index in [2.05, 4.69) is 43.4 Å². The van der Waals surface area contributed by atoms with Crippen molar-refractivity contribution >= 4 is 11.4 Å². The second-order valence-electron chi connectivity index (χ2n) is 6.80. The maximum atomic E-state index is 11.1. The Morgan fingerprint density at radius 3 is 2.83 bits per heavy atom. The van der Waals surface area contributed by atoms with E-state index in [0.29, 0.717) is 11.8 Å². The van der Waals surface area contributed by atoms with Crippen molar-refractivity contribution in [3.8, 4) is 0 Å². The molecule has 4 rings (SSSR count). The fraction of sp³-hybridized carbons (Fsp3) is 0.300. The van der Waals surface area contributed by atoms with Gasteiger partial charge in [-0.15, -0.1) is 0 Å². The molecule has 3 atom stereocenters. The number of non-ortho nitro benzene ring substituents is 1. The van der Waals surface area contributed by atoms with Gasteiger partial charge >= 0.3 is 0 Å². The lowest BCUT2D eigenvalue weighted by atomic mass is 9.76. The Bertz CT molecular complexity index is 857. The van der Waals surface area contributed by atoms with E-state index in [1.807, 2.05) is 6.07 Å². The van der Waals surface area contributed by atoms with Crippen molar-refractivity contribution < 1.29 is 4.92 Å². The van der Waals surface area contributed by atoms with E-state index >= 15 is 0 Å². The van der Waals surface area contributed by atoms with Gasteiger partial charge in [0.05, 0.1) is 11.0 Å². The van der Waals surface area contributed by atoms with Crippen molar-refractivity contribution in [2.24, 2.45) is 5.92 Å². The first-order valence-electron chi connectivity index (χ1n) is 8.34. The van der Waals surface area contributed by atoms with Crippen LogP contribution < -0.4 is 5.32 Å². The molecule has 1 aliphatic heterocycles. The van der Waals surface area contributed by atoms with Crippen LogP contribution in [0.2, 0.25) is 0 Å². The summed E-state index contributed by atoms with van der Waals surface area (Å²) in [7, 11) is 0. The Morgan fingerprint density at radius 1 is 1.21 bits per heavy atom. The highest BCUT2D eigenvalue weighted by atomic mass is 16.6. The second-order valence-corrected chi connectivity index (χ2v) is 6.80. The third-order valence-corrected chi connectivity index (χ3v) is 5.51. The van der Waals surface area contributed by atoms with Gasteiger partial charge in [-0.25, -0.2) is 0 Å². The Balaban J connectivity index is 1.82. The molecule has 1 aliphatic carbocycles. The number of hydrogen-bond acceptors (Lipinski definition) is 3. The van der Waals surface area contributed by atoms with Crippen LogP contribution in [0.1, 0.15) is 40.6 Å². The molecule has 0 aromatic heterocycles. The van der Waals surface area contributed by atoms with E-state index in [4.69, 9.17) is 0 Å². The number of nitrogens with one attached hydrogen (secondary N) is 1. The standard InChI is InChI=1S/C20H20N2O2/c1-12-9-10-18-16-7-4-8-17(16)20(21-19(18)13(12)2)14-5-3-6-15(11-14)22(23)24/h3-7,9-11,16-17,20-21H,8H2,1-2H3/t16-,17+,20+/m1/s1. The molecule has 0 radical (unpaired) electrons. The first kappa shape index (κ1) is 14.9. The topological polar surface area (TPSA) is 55.2 Å². The van der Waals surface area contributed by atoms with Gasteiger partial charge in [0.25, 0.3) is 5.69 Å². The quantitative estimate of drug-likeness (QED) is 0.479. The summed E-state index contributed by atoms with van der Waals surface area (Å²) in [4.78, 5) is 10.8. The summed E-state index contributed by atoms with van der Waals surface area (Å²) in [6.07, 6.45) is 5.53. The van der Waals surface area contributed by atoms with Crippen LogP contribution in [0.5, 0.6) is 0 Å². The number of nitro groups is 1. The van der Waals surface area contributed by atoms with Crippen LogP contribution >= 0.6 is 0 Å². The molecule has 4 nitrogen and oxygen atoms in total. The average molecular weight is 320 g/mol. The highest BCUT2D eigenvalue weighted by Gasteiger charge is 2.38. The molecule has 2 aliphatic rings. The lowest BCUT2D eigenvalue weighted by Gasteiger charge is -2.38. The summed E-state index contributed by atoms with van der Waals surface area (Å²) in [6.45, 7) is 4.26. The van der Waals surface area contributed by atoms with Crippen LogP contribution in [0.3, 0.4) is 0 Å². The predicted octanol–water partition coefficient (Wildman–Crippen LogP) is 5.04. The molecule has 0 bridgehead atoms. The molecule has 0 spiro atoms. The number of anilines is 1. The zero-order chi connectivity index (χ0) is 16.8. The third-order valence-electron chi connectivity index (χ3n) is 5.51. The Hall–Kier alpha value is -2.62. The maximum Gasteiger partial charge on any atom is 0.269 e. The van der Waals surface area contributed by atoms with Gasteiger partial charge in [-0.2, -0.15) is 0 Å². The third kappa shape index (κ3) is 2.21. The molecule has 24 heavy (non-hydrogen) atoms. The Labute approximate surface area is 141 Å². The van der Waals surface area contributed by atoms with Gasteiger partial charge in [-0.1, -0.05) is 36.4 Å². The van der Waals surface area contributed by atoms with Gasteiger partial charge in [0, 0.05) is 23.7 Å². The molecule has 2 aromatic carbocycles. The normalized spacial score (nSPS) is 24.2. The first-order valence-corrected chi connectivity index (χ1v) is 8.34. The van der Waals surface area contributed by atoms with Crippen molar-refractivity contribution in [3.05, 3.63) is 80.9 Å². The number of fused-ring (bicyclic) bond motifs is 3. The largest absolute Gasteiger partial charge is 0.377 e. The summed E-state index contributed by atoms with van der Waals surface area (Å²) in [5, 5.41) is 14.8. The molecule has 4 heteroatoms. The Kier molecular flexibility index (Phi) is 3.41. The molecule has 0 unspecified atom stereocenters. The van der Waals surface area contributed by atoms with E-state index in [1.165, 1.54) is 22.4 Å². The molecule has 1 N–H and O–H groups in total. The molecular formula is C20H20N2O2. The van der Waals surface area contributed by atoms with E-state index in [1.54, 1.807) is 18.2 Å². The highest BCUT2D eigenvalue weighted by molar-refractivity contribution is 5.66. The van der Waals surface area contributed by atoms with Crippen molar-refractivity contribution in [2.45, 2.75) is 32.2 Å². The molecular weight excluding hydrogens is 300 g/mol. The maximum absolute atomic E-state index is 11.1. The van der Waals surface area contributed by atoms with Crippen LogP contribution in [0.15, 0.2) is 48.6 Å². The Morgan fingerprint density at radius 2 is 2.04 bits per heavy atom.